The summed E-state index contributed by atoms with van der Waals surface area (Å²) in [5.41, 5.74) is 0.0391. The van der Waals surface area contributed by atoms with Crippen molar-refractivity contribution in [2.75, 3.05) is 0 Å². The third-order valence-electron chi connectivity index (χ3n) is 3.69. The molecule has 0 saturated carbocycles. The van der Waals surface area contributed by atoms with Crippen LogP contribution in [-0.4, -0.2) is 18.3 Å². The number of hydrogen-bond donors (Lipinski definition) is 0. The Morgan fingerprint density at radius 1 is 1.16 bits per heavy atom. The predicted molar refractivity (Wildman–Crippen MR) is 79.2 cm³/mol. The minimum Gasteiger partial charge on any atom is -0.400 e. The van der Waals surface area contributed by atoms with Crippen LogP contribution in [0.4, 0.5) is 4.39 Å². The molecule has 1 heterocycles. The Morgan fingerprint density at radius 3 is 2.32 bits per heavy atom. The molecule has 0 unspecified atom stereocenters. The van der Waals surface area contributed by atoms with Gasteiger partial charge < -0.3 is 9.31 Å². The standard InChI is InChI=1S/C14H17BBrFO2/c1-13(2)14(3,4)19-15(18-13)9-8-10-6-5-7-11(17)12(10)16/h5-9H,1-4H3/b9-8+. The first-order chi connectivity index (χ1) is 8.73. The van der Waals surface area contributed by atoms with E-state index in [2.05, 4.69) is 15.9 Å². The lowest BCUT2D eigenvalue weighted by Crippen LogP contribution is -2.41. The molecular formula is C14H17BBrFO2. The van der Waals surface area contributed by atoms with Gasteiger partial charge in [-0.25, -0.2) is 4.39 Å². The van der Waals surface area contributed by atoms with Crippen LogP contribution >= 0.6 is 15.9 Å². The Kier molecular flexibility index (Phi) is 3.91. The molecule has 0 aromatic heterocycles. The van der Waals surface area contributed by atoms with Crippen LogP contribution < -0.4 is 0 Å². The summed E-state index contributed by atoms with van der Waals surface area (Å²) in [6.07, 6.45) is 1.80. The van der Waals surface area contributed by atoms with Crippen LogP contribution in [0.15, 0.2) is 28.6 Å². The summed E-state index contributed by atoms with van der Waals surface area (Å²) in [4.78, 5) is 0. The van der Waals surface area contributed by atoms with Crippen LogP contribution in [0, 0.1) is 5.82 Å². The van der Waals surface area contributed by atoms with Gasteiger partial charge in [-0.05, 0) is 55.3 Å². The molecule has 1 aliphatic heterocycles. The fraction of sp³-hybridized carbons (Fsp3) is 0.429. The summed E-state index contributed by atoms with van der Waals surface area (Å²) < 4.78 is 25.5. The molecular weight excluding hydrogens is 310 g/mol. The number of hydrogen-bond acceptors (Lipinski definition) is 2. The molecule has 2 rings (SSSR count). The summed E-state index contributed by atoms with van der Waals surface area (Å²) in [5, 5.41) is 0. The molecule has 0 aliphatic carbocycles. The predicted octanol–water partition coefficient (Wildman–Crippen LogP) is 4.23. The average Bonchev–Trinajstić information content (AvgIpc) is 2.50. The minimum absolute atomic E-state index is 0.281. The highest BCUT2D eigenvalue weighted by Crippen LogP contribution is 2.37. The van der Waals surface area contributed by atoms with Gasteiger partial charge >= 0.3 is 7.12 Å². The fourth-order valence-electron chi connectivity index (χ4n) is 1.80. The third-order valence-corrected chi connectivity index (χ3v) is 4.52. The zero-order valence-corrected chi connectivity index (χ0v) is 13.1. The van der Waals surface area contributed by atoms with Crippen LogP contribution in [0.5, 0.6) is 0 Å². The maximum atomic E-state index is 13.4. The van der Waals surface area contributed by atoms with Gasteiger partial charge in [0.15, 0.2) is 0 Å². The molecule has 102 valence electrons. The Morgan fingerprint density at radius 2 is 1.74 bits per heavy atom. The van der Waals surface area contributed by atoms with Gasteiger partial charge in [-0.3, -0.25) is 0 Å². The maximum Gasteiger partial charge on any atom is 0.487 e. The van der Waals surface area contributed by atoms with Crippen LogP contribution in [0.2, 0.25) is 0 Å². The van der Waals surface area contributed by atoms with Gasteiger partial charge in [0, 0.05) is 0 Å². The Labute approximate surface area is 122 Å². The van der Waals surface area contributed by atoms with Gasteiger partial charge in [0.05, 0.1) is 15.7 Å². The fourth-order valence-corrected chi connectivity index (χ4v) is 2.20. The minimum atomic E-state index is -0.417. The summed E-state index contributed by atoms with van der Waals surface area (Å²) in [6, 6.07) is 4.91. The van der Waals surface area contributed by atoms with Crippen molar-refractivity contribution in [2.45, 2.75) is 38.9 Å². The van der Waals surface area contributed by atoms with Crippen molar-refractivity contribution in [3.05, 3.63) is 40.0 Å². The molecule has 1 aliphatic rings. The van der Waals surface area contributed by atoms with Gasteiger partial charge in [0.25, 0.3) is 0 Å². The van der Waals surface area contributed by atoms with E-state index in [-0.39, 0.29) is 17.0 Å². The second kappa shape index (κ2) is 5.04. The highest BCUT2D eigenvalue weighted by molar-refractivity contribution is 9.10. The lowest BCUT2D eigenvalue weighted by molar-refractivity contribution is 0.00578. The Balaban J connectivity index is 2.15. The van der Waals surface area contributed by atoms with Crippen LogP contribution in [0.3, 0.4) is 0 Å². The summed E-state index contributed by atoms with van der Waals surface area (Å²) >= 11 is 3.23. The second-order valence-electron chi connectivity index (χ2n) is 5.63. The molecule has 1 fully saturated rings. The second-order valence-corrected chi connectivity index (χ2v) is 6.42. The summed E-state index contributed by atoms with van der Waals surface area (Å²) in [5.74, 6) is 1.52. The van der Waals surface area contributed by atoms with Gasteiger partial charge in [-0.2, -0.15) is 0 Å². The van der Waals surface area contributed by atoms with Crippen LogP contribution in [0.1, 0.15) is 33.3 Å². The zero-order valence-electron chi connectivity index (χ0n) is 11.5. The largest absolute Gasteiger partial charge is 0.487 e. The number of halogens is 2. The Hall–Kier alpha value is -0.645. The van der Waals surface area contributed by atoms with Crippen LogP contribution in [-0.2, 0) is 9.31 Å². The molecule has 1 aromatic carbocycles. The monoisotopic (exact) mass is 326 g/mol. The van der Waals surface area contributed by atoms with Crippen molar-refractivity contribution in [2.24, 2.45) is 0 Å². The molecule has 0 N–H and O–H groups in total. The van der Waals surface area contributed by atoms with Gasteiger partial charge in [0.1, 0.15) is 5.82 Å². The topological polar surface area (TPSA) is 18.5 Å². The average molecular weight is 327 g/mol. The number of rotatable bonds is 2. The maximum absolute atomic E-state index is 13.4. The molecule has 5 heteroatoms. The quantitative estimate of drug-likeness (QED) is 0.757. The van der Waals surface area contributed by atoms with Crippen LogP contribution in [0.25, 0.3) is 6.08 Å². The first kappa shape index (κ1) is 14.8. The highest BCUT2D eigenvalue weighted by atomic mass is 79.9. The highest BCUT2D eigenvalue weighted by Gasteiger charge is 2.49. The molecule has 0 bridgehead atoms. The molecule has 2 nitrogen and oxygen atoms in total. The molecule has 0 amide bonds. The van der Waals surface area contributed by atoms with E-state index >= 15 is 0 Å². The molecule has 1 aromatic rings. The van der Waals surface area contributed by atoms with Gasteiger partial charge in [0.2, 0.25) is 0 Å². The van der Waals surface area contributed by atoms with Crippen molar-refractivity contribution in [1.82, 2.24) is 0 Å². The van der Waals surface area contributed by atoms with Crippen molar-refractivity contribution in [3.63, 3.8) is 0 Å². The molecule has 0 spiro atoms. The molecule has 19 heavy (non-hydrogen) atoms. The van der Waals surface area contributed by atoms with Gasteiger partial charge in [-0.15, -0.1) is 0 Å². The summed E-state index contributed by atoms with van der Waals surface area (Å²) in [7, 11) is -0.417. The first-order valence-corrected chi connectivity index (χ1v) is 7.00. The lowest BCUT2D eigenvalue weighted by Gasteiger charge is -2.32. The normalized spacial score (nSPS) is 21.3. The van der Waals surface area contributed by atoms with E-state index in [9.17, 15) is 4.39 Å². The van der Waals surface area contributed by atoms with E-state index in [1.54, 1.807) is 18.1 Å². The third kappa shape index (κ3) is 2.93. The van der Waals surface area contributed by atoms with E-state index in [1.807, 2.05) is 33.8 Å². The van der Waals surface area contributed by atoms with E-state index in [1.165, 1.54) is 6.07 Å². The SMILES string of the molecule is CC1(C)OB(/C=C/c2cccc(F)c2Br)OC1(C)C. The zero-order chi connectivity index (χ0) is 14.3. The molecule has 0 atom stereocenters. The lowest BCUT2D eigenvalue weighted by atomic mass is 9.89. The van der Waals surface area contributed by atoms with Crippen molar-refractivity contribution in [1.29, 1.82) is 0 Å². The van der Waals surface area contributed by atoms with Crippen molar-refractivity contribution < 1.29 is 13.7 Å². The number of benzene rings is 1. The van der Waals surface area contributed by atoms with E-state index in [0.717, 1.165) is 5.56 Å². The smallest absolute Gasteiger partial charge is 0.400 e. The van der Waals surface area contributed by atoms with Crippen molar-refractivity contribution >= 4 is 29.1 Å². The Bertz CT molecular complexity index is 498. The van der Waals surface area contributed by atoms with E-state index in [0.29, 0.717) is 4.47 Å². The molecule has 1 saturated heterocycles. The first-order valence-electron chi connectivity index (χ1n) is 6.21. The molecule has 0 radical (unpaired) electrons. The van der Waals surface area contributed by atoms with E-state index < -0.39 is 7.12 Å². The van der Waals surface area contributed by atoms with Crippen molar-refractivity contribution in [3.8, 4) is 0 Å². The summed E-state index contributed by atoms with van der Waals surface area (Å²) in [6.45, 7) is 8.00. The van der Waals surface area contributed by atoms with E-state index in [4.69, 9.17) is 9.31 Å². The van der Waals surface area contributed by atoms with Gasteiger partial charge in [-0.1, -0.05) is 24.2 Å².